The van der Waals surface area contributed by atoms with Crippen molar-refractivity contribution in [1.29, 1.82) is 0 Å². The first-order valence-corrected chi connectivity index (χ1v) is 15.4. The van der Waals surface area contributed by atoms with Gasteiger partial charge in [-0.15, -0.1) is 11.3 Å². The molecule has 0 spiro atoms. The second-order valence-corrected chi connectivity index (χ2v) is 12.2. The summed E-state index contributed by atoms with van der Waals surface area (Å²) in [5, 5.41) is 8.14. The summed E-state index contributed by atoms with van der Waals surface area (Å²) in [6, 6.07) is 12.7. The summed E-state index contributed by atoms with van der Waals surface area (Å²) in [6.45, 7) is 0.210. The topological polar surface area (TPSA) is 117 Å². The van der Waals surface area contributed by atoms with Crippen LogP contribution in [0.5, 0.6) is 0 Å². The lowest BCUT2D eigenvalue weighted by Crippen LogP contribution is -2.45. The number of rotatable bonds is 9. The highest BCUT2D eigenvalue weighted by Crippen LogP contribution is 2.33. The number of nitrogens with one attached hydrogen (secondary N) is 2. The quantitative estimate of drug-likeness (QED) is 0.326. The monoisotopic (exact) mass is 565 g/mol. The van der Waals surface area contributed by atoms with Crippen LogP contribution in [0.1, 0.15) is 94.4 Å². The summed E-state index contributed by atoms with van der Waals surface area (Å²) in [5.74, 6) is -0.962. The van der Waals surface area contributed by atoms with Crippen molar-refractivity contribution in [3.63, 3.8) is 0 Å². The minimum Gasteiger partial charge on any atom is -0.395 e. The molecular formula is C29H35N5O3S2. The Bertz CT molecular complexity index is 1270. The van der Waals surface area contributed by atoms with E-state index in [-0.39, 0.29) is 46.7 Å². The zero-order valence-electron chi connectivity index (χ0n) is 21.9. The van der Waals surface area contributed by atoms with Gasteiger partial charge in [0.05, 0.1) is 5.69 Å². The second-order valence-electron chi connectivity index (χ2n) is 10.4. The Hall–Kier alpha value is -3.24. The van der Waals surface area contributed by atoms with E-state index in [0.29, 0.717) is 0 Å². The summed E-state index contributed by atoms with van der Waals surface area (Å²) < 4.78 is 4.30. The van der Waals surface area contributed by atoms with Gasteiger partial charge in [0.25, 0.3) is 11.8 Å². The van der Waals surface area contributed by atoms with Crippen LogP contribution < -0.4 is 16.4 Å². The molecule has 0 saturated heterocycles. The molecule has 3 aromatic rings. The Morgan fingerprint density at radius 2 is 1.59 bits per heavy atom. The first-order valence-electron chi connectivity index (χ1n) is 13.8. The van der Waals surface area contributed by atoms with Gasteiger partial charge in [-0.1, -0.05) is 68.5 Å². The van der Waals surface area contributed by atoms with Crippen molar-refractivity contribution in [3.05, 3.63) is 68.9 Å². The number of amides is 3. The molecule has 10 heteroatoms. The fourth-order valence-corrected chi connectivity index (χ4v) is 7.12. The van der Waals surface area contributed by atoms with E-state index in [9.17, 15) is 14.4 Å². The summed E-state index contributed by atoms with van der Waals surface area (Å²) in [6.07, 6.45) is 9.28. The molecule has 5 rings (SSSR count). The normalized spacial score (nSPS) is 17.0. The average Bonchev–Trinajstić information content (AvgIpc) is 3.72. The van der Waals surface area contributed by atoms with Crippen LogP contribution in [-0.2, 0) is 11.3 Å². The highest BCUT2D eigenvalue weighted by molar-refractivity contribution is 7.10. The molecule has 206 valence electrons. The van der Waals surface area contributed by atoms with Gasteiger partial charge in [-0.3, -0.25) is 14.4 Å². The van der Waals surface area contributed by atoms with Crippen molar-refractivity contribution in [2.24, 2.45) is 0 Å². The Labute approximate surface area is 237 Å². The van der Waals surface area contributed by atoms with Gasteiger partial charge in [0.2, 0.25) is 5.91 Å². The summed E-state index contributed by atoms with van der Waals surface area (Å²) in [7, 11) is 0. The molecular weight excluding hydrogens is 530 g/mol. The molecule has 39 heavy (non-hydrogen) atoms. The number of carbonyl (C=O) groups is 3. The van der Waals surface area contributed by atoms with E-state index in [1.54, 1.807) is 4.90 Å². The number of hydrogen-bond acceptors (Lipinski definition) is 7. The van der Waals surface area contributed by atoms with Gasteiger partial charge in [-0.05, 0) is 54.2 Å². The van der Waals surface area contributed by atoms with Gasteiger partial charge in [0.15, 0.2) is 5.69 Å². The lowest BCUT2D eigenvalue weighted by molar-refractivity contribution is -0.126. The number of benzene rings is 1. The van der Waals surface area contributed by atoms with E-state index < -0.39 is 11.9 Å². The molecule has 2 aliphatic rings. The number of nitrogens with two attached hydrogens (primary N) is 1. The minimum absolute atomic E-state index is 0.0671. The van der Waals surface area contributed by atoms with Crippen LogP contribution in [0.15, 0.2) is 47.8 Å². The first-order chi connectivity index (χ1) is 19.0. The third-order valence-electron chi connectivity index (χ3n) is 7.61. The number of nitrogens with zero attached hydrogens (tertiary/aromatic N) is 2. The van der Waals surface area contributed by atoms with E-state index >= 15 is 0 Å². The number of anilines is 1. The predicted octanol–water partition coefficient (Wildman–Crippen LogP) is 5.29. The average molecular weight is 566 g/mol. The van der Waals surface area contributed by atoms with E-state index in [4.69, 9.17) is 5.73 Å². The molecule has 2 aliphatic carbocycles. The Morgan fingerprint density at radius 3 is 2.26 bits per heavy atom. The highest BCUT2D eigenvalue weighted by Gasteiger charge is 2.37. The second kappa shape index (κ2) is 12.7. The van der Waals surface area contributed by atoms with Crippen LogP contribution in [0, 0.1) is 0 Å². The van der Waals surface area contributed by atoms with E-state index in [0.717, 1.165) is 73.3 Å². The van der Waals surface area contributed by atoms with E-state index in [2.05, 4.69) is 15.0 Å². The van der Waals surface area contributed by atoms with E-state index in [1.165, 1.54) is 17.8 Å². The molecule has 0 radical (unpaired) electrons. The molecule has 0 aliphatic heterocycles. The largest absolute Gasteiger partial charge is 0.395 e. The minimum atomic E-state index is -0.834. The standard InChI is InChI=1S/C29H35N5O3S2/c30-23-24(27(35)31-20-12-5-2-6-13-20)33-39-26(23)29(37)34(18-19-10-3-1-4-11-19)25(22-16-9-17-38-22)28(36)32-21-14-7-8-15-21/h1,3-4,9-11,16-17,20-21,25H,2,5-8,12-15,18,30H2,(H,31,35)(H,32,36)/t25-/m0/s1. The molecule has 0 bridgehead atoms. The number of aromatic nitrogens is 1. The third-order valence-corrected chi connectivity index (χ3v) is 9.38. The summed E-state index contributed by atoms with van der Waals surface area (Å²) >= 11 is 2.36. The summed E-state index contributed by atoms with van der Waals surface area (Å²) in [4.78, 5) is 43.5. The molecule has 2 aromatic heterocycles. The van der Waals surface area contributed by atoms with Crippen LogP contribution in [0.2, 0.25) is 0 Å². The number of nitrogen functional groups attached to an aromatic ring is 1. The molecule has 4 N–H and O–H groups in total. The van der Waals surface area contributed by atoms with Crippen molar-refractivity contribution < 1.29 is 14.4 Å². The maximum atomic E-state index is 14.2. The molecule has 1 atom stereocenters. The van der Waals surface area contributed by atoms with Gasteiger partial charge in [-0.2, -0.15) is 4.37 Å². The first kappa shape index (κ1) is 27.3. The predicted molar refractivity (Wildman–Crippen MR) is 155 cm³/mol. The van der Waals surface area contributed by atoms with Crippen molar-refractivity contribution >= 4 is 46.3 Å². The van der Waals surface area contributed by atoms with Gasteiger partial charge < -0.3 is 21.3 Å². The Kier molecular flexibility index (Phi) is 8.93. The molecule has 2 saturated carbocycles. The lowest BCUT2D eigenvalue weighted by Gasteiger charge is -2.31. The van der Waals surface area contributed by atoms with Crippen molar-refractivity contribution in [3.8, 4) is 0 Å². The van der Waals surface area contributed by atoms with Crippen LogP contribution in [0.4, 0.5) is 5.69 Å². The van der Waals surface area contributed by atoms with Gasteiger partial charge >= 0.3 is 0 Å². The summed E-state index contributed by atoms with van der Waals surface area (Å²) in [5.41, 5.74) is 7.45. The third kappa shape index (κ3) is 6.50. The zero-order valence-corrected chi connectivity index (χ0v) is 23.6. The lowest BCUT2D eigenvalue weighted by atomic mass is 9.95. The van der Waals surface area contributed by atoms with Crippen LogP contribution in [0.3, 0.4) is 0 Å². The van der Waals surface area contributed by atoms with Crippen molar-refractivity contribution in [2.75, 3.05) is 5.73 Å². The molecule has 2 heterocycles. The van der Waals surface area contributed by atoms with Gasteiger partial charge in [-0.25, -0.2) is 0 Å². The fourth-order valence-electron chi connectivity index (χ4n) is 5.53. The molecule has 0 unspecified atom stereocenters. The van der Waals surface area contributed by atoms with Crippen LogP contribution in [-0.4, -0.2) is 39.1 Å². The molecule has 3 amide bonds. The van der Waals surface area contributed by atoms with Crippen LogP contribution in [0.25, 0.3) is 0 Å². The molecule has 8 nitrogen and oxygen atoms in total. The zero-order chi connectivity index (χ0) is 27.2. The van der Waals surface area contributed by atoms with E-state index in [1.807, 2.05) is 47.8 Å². The highest BCUT2D eigenvalue weighted by atomic mass is 32.1. The van der Waals surface area contributed by atoms with Gasteiger partial charge in [0.1, 0.15) is 10.9 Å². The maximum Gasteiger partial charge on any atom is 0.273 e. The Balaban J connectivity index is 1.45. The molecule has 2 fully saturated rings. The SMILES string of the molecule is Nc1c(C(=O)NC2CCCCC2)nsc1C(=O)N(Cc1ccccc1)[C@H](C(=O)NC1CCCC1)c1cccs1. The Morgan fingerprint density at radius 1 is 0.923 bits per heavy atom. The smallest absolute Gasteiger partial charge is 0.273 e. The van der Waals surface area contributed by atoms with Crippen molar-refractivity contribution in [2.45, 2.75) is 82.5 Å². The van der Waals surface area contributed by atoms with Crippen molar-refractivity contribution in [1.82, 2.24) is 19.9 Å². The number of carbonyl (C=O) groups excluding carboxylic acids is 3. The number of hydrogen-bond donors (Lipinski definition) is 3. The maximum absolute atomic E-state index is 14.2. The fraction of sp³-hybridized carbons (Fsp3) is 0.448. The number of thiophene rings is 1. The van der Waals surface area contributed by atoms with Gasteiger partial charge in [0, 0.05) is 23.5 Å². The molecule has 1 aromatic carbocycles. The van der Waals surface area contributed by atoms with Crippen LogP contribution >= 0.6 is 22.9 Å².